The zero-order valence-corrected chi connectivity index (χ0v) is 10.4. The topological polar surface area (TPSA) is 58.6 Å². The Morgan fingerprint density at radius 1 is 1.56 bits per heavy atom. The molecule has 1 rings (SSSR count). The van der Waals surface area contributed by atoms with Crippen molar-refractivity contribution in [2.24, 2.45) is 0 Å². The number of rotatable bonds is 6. The molecule has 0 spiro atoms. The lowest BCUT2D eigenvalue weighted by Crippen LogP contribution is -2.05. The Bertz CT molecular complexity index is 458. The van der Waals surface area contributed by atoms with Gasteiger partial charge in [-0.25, -0.2) is 9.18 Å². The third-order valence-electron chi connectivity index (χ3n) is 2.46. The van der Waals surface area contributed by atoms with Crippen molar-refractivity contribution >= 4 is 11.7 Å². The average Bonchev–Trinajstić information content (AvgIpc) is 2.35. The summed E-state index contributed by atoms with van der Waals surface area (Å²) >= 11 is 0. The third kappa shape index (κ3) is 3.76. The lowest BCUT2D eigenvalue weighted by molar-refractivity contribution is -0.132. The second-order valence-electron chi connectivity index (χ2n) is 3.61. The molecule has 0 aliphatic carbocycles. The zero-order valence-electron chi connectivity index (χ0n) is 10.4. The maximum Gasteiger partial charge on any atom is 0.331 e. The number of anilines is 1. The van der Waals surface area contributed by atoms with Crippen LogP contribution in [0.5, 0.6) is 5.75 Å². The van der Waals surface area contributed by atoms with Gasteiger partial charge < -0.3 is 15.2 Å². The van der Waals surface area contributed by atoms with Crippen molar-refractivity contribution in [2.75, 3.05) is 19.0 Å². The molecule has 1 aromatic rings. The highest BCUT2D eigenvalue weighted by Crippen LogP contribution is 2.24. The number of carbonyl (C=O) groups is 1. The van der Waals surface area contributed by atoms with Crippen molar-refractivity contribution in [3.05, 3.63) is 35.7 Å². The highest BCUT2D eigenvalue weighted by Gasteiger charge is 2.05. The van der Waals surface area contributed by atoms with Crippen molar-refractivity contribution in [3.8, 4) is 5.75 Å². The van der Waals surface area contributed by atoms with Gasteiger partial charge in [-0.1, -0.05) is 13.0 Å². The molecule has 0 saturated carbocycles. The molecule has 0 aliphatic rings. The summed E-state index contributed by atoms with van der Waals surface area (Å²) < 4.78 is 18.0. The molecule has 18 heavy (non-hydrogen) atoms. The van der Waals surface area contributed by atoms with Crippen LogP contribution in [0.4, 0.5) is 10.1 Å². The molecule has 0 fully saturated rings. The van der Waals surface area contributed by atoms with Crippen LogP contribution >= 0.6 is 0 Å². The van der Waals surface area contributed by atoms with Crippen LogP contribution in [0.3, 0.4) is 0 Å². The minimum Gasteiger partial charge on any atom is -0.494 e. The second-order valence-corrected chi connectivity index (χ2v) is 3.61. The number of aliphatic carboxylic acids is 1. The lowest BCUT2D eigenvalue weighted by atomic mass is 10.2. The van der Waals surface area contributed by atoms with Crippen LogP contribution in [-0.4, -0.2) is 24.7 Å². The van der Waals surface area contributed by atoms with Crippen LogP contribution in [0.15, 0.2) is 29.8 Å². The fraction of sp³-hybridized carbons (Fsp3) is 0.308. The lowest BCUT2D eigenvalue weighted by Gasteiger charge is -2.09. The predicted octanol–water partition coefficient (Wildman–Crippen LogP) is 2.67. The number of hydrogen-bond acceptors (Lipinski definition) is 3. The quantitative estimate of drug-likeness (QED) is 0.765. The first-order valence-corrected chi connectivity index (χ1v) is 5.58. The Balaban J connectivity index is 2.72. The second kappa shape index (κ2) is 6.64. The Labute approximate surface area is 105 Å². The molecule has 1 aromatic carbocycles. The van der Waals surface area contributed by atoms with E-state index in [9.17, 15) is 9.18 Å². The Kier molecular flexibility index (Phi) is 5.17. The molecule has 0 amide bonds. The normalized spacial score (nSPS) is 11.2. The highest BCUT2D eigenvalue weighted by atomic mass is 19.1. The minimum atomic E-state index is -0.926. The summed E-state index contributed by atoms with van der Waals surface area (Å²) in [6.45, 7) is 2.12. The Morgan fingerprint density at radius 3 is 2.83 bits per heavy atom. The number of carboxylic acids is 1. The van der Waals surface area contributed by atoms with Crippen molar-refractivity contribution in [2.45, 2.75) is 13.3 Å². The number of methoxy groups -OCH3 is 1. The summed E-state index contributed by atoms with van der Waals surface area (Å²) in [6, 6.07) is 4.13. The largest absolute Gasteiger partial charge is 0.494 e. The summed E-state index contributed by atoms with van der Waals surface area (Å²) in [5.74, 6) is -0.921. The molecule has 0 bridgehead atoms. The summed E-state index contributed by atoms with van der Waals surface area (Å²) in [4.78, 5) is 10.8. The fourth-order valence-corrected chi connectivity index (χ4v) is 1.48. The first-order chi connectivity index (χ1) is 8.58. The van der Waals surface area contributed by atoms with Crippen LogP contribution in [0, 0.1) is 5.82 Å². The van der Waals surface area contributed by atoms with Crippen molar-refractivity contribution < 1.29 is 19.0 Å². The van der Waals surface area contributed by atoms with E-state index in [1.807, 2.05) is 0 Å². The number of nitrogens with one attached hydrogen (secondary N) is 1. The predicted molar refractivity (Wildman–Crippen MR) is 67.5 cm³/mol. The molecule has 0 heterocycles. The minimum absolute atomic E-state index is 0.337. The van der Waals surface area contributed by atoms with E-state index >= 15 is 0 Å². The van der Waals surface area contributed by atoms with Crippen LogP contribution < -0.4 is 10.1 Å². The molecule has 0 atom stereocenters. The van der Waals surface area contributed by atoms with Gasteiger partial charge in [0, 0.05) is 18.2 Å². The van der Waals surface area contributed by atoms with E-state index in [1.165, 1.54) is 19.2 Å². The van der Waals surface area contributed by atoms with Crippen molar-refractivity contribution in [1.82, 2.24) is 0 Å². The van der Waals surface area contributed by atoms with E-state index in [2.05, 4.69) is 5.32 Å². The summed E-state index contributed by atoms with van der Waals surface area (Å²) in [6.07, 6.45) is 2.04. The third-order valence-corrected chi connectivity index (χ3v) is 2.46. The van der Waals surface area contributed by atoms with Gasteiger partial charge in [0.15, 0.2) is 0 Å². The van der Waals surface area contributed by atoms with Crippen molar-refractivity contribution in [1.29, 1.82) is 0 Å². The van der Waals surface area contributed by atoms with Gasteiger partial charge in [-0.05, 0) is 18.6 Å². The number of halogens is 1. The van der Waals surface area contributed by atoms with Gasteiger partial charge in [-0.15, -0.1) is 0 Å². The highest BCUT2D eigenvalue weighted by molar-refractivity contribution is 5.86. The van der Waals surface area contributed by atoms with Crippen molar-refractivity contribution in [3.63, 3.8) is 0 Å². The van der Waals surface area contributed by atoms with Gasteiger partial charge in [0.1, 0.15) is 11.6 Å². The number of carboxylic acid groups (broad SMARTS) is 1. The Morgan fingerprint density at radius 2 is 2.28 bits per heavy atom. The van der Waals surface area contributed by atoms with Crippen LogP contribution in [0.1, 0.15) is 13.3 Å². The van der Waals surface area contributed by atoms with E-state index in [4.69, 9.17) is 9.84 Å². The molecule has 0 saturated heterocycles. The van der Waals surface area contributed by atoms with Gasteiger partial charge in [0.05, 0.1) is 12.8 Å². The molecular formula is C13H16FNO3. The van der Waals surface area contributed by atoms with E-state index in [0.717, 1.165) is 0 Å². The van der Waals surface area contributed by atoms with Crippen LogP contribution in [0.25, 0.3) is 0 Å². The van der Waals surface area contributed by atoms with Crippen LogP contribution in [0.2, 0.25) is 0 Å². The molecule has 0 unspecified atom stereocenters. The molecular weight excluding hydrogens is 237 g/mol. The molecule has 98 valence electrons. The molecule has 5 heteroatoms. The zero-order chi connectivity index (χ0) is 13.5. The van der Waals surface area contributed by atoms with E-state index < -0.39 is 5.97 Å². The molecule has 0 radical (unpaired) electrons. The standard InChI is InChI=1S/C13H16FNO3/c1-3-9(13(16)17)6-7-15-11-5-4-10(14)8-12(11)18-2/h4-6,8,15H,3,7H2,1-2H3,(H,16,17)/b9-6-. The van der Waals surface area contributed by atoms with Gasteiger partial charge in [-0.3, -0.25) is 0 Å². The number of ether oxygens (including phenoxy) is 1. The molecule has 4 nitrogen and oxygen atoms in total. The number of hydrogen-bond donors (Lipinski definition) is 2. The van der Waals surface area contributed by atoms with Gasteiger partial charge in [0.25, 0.3) is 0 Å². The number of benzene rings is 1. The Hall–Kier alpha value is -2.04. The fourth-order valence-electron chi connectivity index (χ4n) is 1.48. The van der Waals surface area contributed by atoms with Crippen LogP contribution in [-0.2, 0) is 4.79 Å². The summed E-state index contributed by atoms with van der Waals surface area (Å²) in [7, 11) is 1.45. The molecule has 0 aromatic heterocycles. The SMILES string of the molecule is CC/C(=C/CNc1ccc(F)cc1OC)C(=O)O. The molecule has 0 aliphatic heterocycles. The van der Waals surface area contributed by atoms with Gasteiger partial charge in [-0.2, -0.15) is 0 Å². The average molecular weight is 253 g/mol. The summed E-state index contributed by atoms with van der Waals surface area (Å²) in [5, 5.41) is 11.8. The van der Waals surface area contributed by atoms with E-state index in [-0.39, 0.29) is 5.82 Å². The molecule has 2 N–H and O–H groups in total. The summed E-state index contributed by atoms with van der Waals surface area (Å²) in [5.41, 5.74) is 0.958. The maximum absolute atomic E-state index is 12.9. The van der Waals surface area contributed by atoms with Gasteiger partial charge >= 0.3 is 5.97 Å². The maximum atomic E-state index is 12.9. The first-order valence-electron chi connectivity index (χ1n) is 5.58. The van der Waals surface area contributed by atoms with E-state index in [0.29, 0.717) is 30.0 Å². The van der Waals surface area contributed by atoms with E-state index in [1.54, 1.807) is 19.1 Å². The monoisotopic (exact) mass is 253 g/mol. The smallest absolute Gasteiger partial charge is 0.331 e. The first kappa shape index (κ1) is 14.0. The van der Waals surface area contributed by atoms with Gasteiger partial charge in [0.2, 0.25) is 0 Å².